The highest BCUT2D eigenvalue weighted by Gasteiger charge is 2.01. The lowest BCUT2D eigenvalue weighted by Crippen LogP contribution is -2.37. The predicted octanol–water partition coefficient (Wildman–Crippen LogP) is 2.92. The molecule has 1 aromatic heterocycles. The molecule has 3 rings (SSSR count). The Balaban J connectivity index is 1.45. The molecule has 3 aromatic rings. The normalized spacial score (nSPS) is 11.4. The van der Waals surface area contributed by atoms with Crippen LogP contribution >= 0.6 is 0 Å². The minimum atomic E-state index is -0.210. The standard InChI is InChI=1S/C20H22FN5/c1-22-20(23-13-11-16-3-7-18(21)8-4-16)24-15-17-5-9-19(10-6-17)26-14-2-12-25-26/h2-10,12,14H,11,13,15H2,1H3,(H2,22,23,24). The number of nitrogens with one attached hydrogen (secondary N) is 2. The van der Waals surface area contributed by atoms with Gasteiger partial charge in [-0.05, 0) is 47.9 Å². The van der Waals surface area contributed by atoms with Gasteiger partial charge in [0, 0.05) is 32.5 Å². The van der Waals surface area contributed by atoms with Crippen molar-refractivity contribution < 1.29 is 4.39 Å². The molecule has 0 saturated heterocycles. The van der Waals surface area contributed by atoms with E-state index >= 15 is 0 Å². The molecule has 0 aliphatic rings. The van der Waals surface area contributed by atoms with Crippen molar-refractivity contribution in [2.75, 3.05) is 13.6 Å². The Labute approximate surface area is 152 Å². The molecule has 6 heteroatoms. The maximum atomic E-state index is 12.9. The maximum absolute atomic E-state index is 12.9. The van der Waals surface area contributed by atoms with E-state index in [1.807, 2.05) is 29.1 Å². The summed E-state index contributed by atoms with van der Waals surface area (Å²) < 4.78 is 14.7. The molecule has 0 fully saturated rings. The average Bonchev–Trinajstić information content (AvgIpc) is 3.21. The molecule has 0 aliphatic heterocycles. The molecule has 0 amide bonds. The smallest absolute Gasteiger partial charge is 0.191 e. The number of guanidine groups is 1. The van der Waals surface area contributed by atoms with Crippen molar-refractivity contribution in [3.63, 3.8) is 0 Å². The summed E-state index contributed by atoms with van der Waals surface area (Å²) in [5.41, 5.74) is 3.27. The molecular formula is C20H22FN5. The zero-order valence-corrected chi connectivity index (χ0v) is 14.7. The fourth-order valence-corrected chi connectivity index (χ4v) is 2.57. The van der Waals surface area contributed by atoms with Crippen LogP contribution < -0.4 is 10.6 Å². The van der Waals surface area contributed by atoms with Gasteiger partial charge >= 0.3 is 0 Å². The van der Waals surface area contributed by atoms with Crippen LogP contribution in [0.4, 0.5) is 4.39 Å². The molecular weight excluding hydrogens is 329 g/mol. The van der Waals surface area contributed by atoms with Gasteiger partial charge in [0.1, 0.15) is 5.82 Å². The number of rotatable bonds is 6. The predicted molar refractivity (Wildman–Crippen MR) is 102 cm³/mol. The Kier molecular flexibility index (Phi) is 5.98. The monoisotopic (exact) mass is 351 g/mol. The second-order valence-electron chi connectivity index (χ2n) is 5.85. The van der Waals surface area contributed by atoms with Crippen molar-refractivity contribution in [1.29, 1.82) is 0 Å². The number of hydrogen-bond donors (Lipinski definition) is 2. The van der Waals surface area contributed by atoms with E-state index < -0.39 is 0 Å². The summed E-state index contributed by atoms with van der Waals surface area (Å²) in [6.45, 7) is 1.40. The molecule has 0 spiro atoms. The Bertz CT molecular complexity index is 824. The molecule has 0 aliphatic carbocycles. The van der Waals surface area contributed by atoms with Gasteiger partial charge in [0.25, 0.3) is 0 Å². The Morgan fingerprint density at radius 2 is 1.77 bits per heavy atom. The molecule has 26 heavy (non-hydrogen) atoms. The SMILES string of the molecule is CN=C(NCCc1ccc(F)cc1)NCc1ccc(-n2cccn2)cc1. The summed E-state index contributed by atoms with van der Waals surface area (Å²) in [5.74, 6) is 0.529. The van der Waals surface area contributed by atoms with E-state index in [9.17, 15) is 4.39 Å². The van der Waals surface area contributed by atoms with Gasteiger partial charge < -0.3 is 10.6 Å². The fourth-order valence-electron chi connectivity index (χ4n) is 2.57. The van der Waals surface area contributed by atoms with Crippen LogP contribution in [-0.2, 0) is 13.0 Å². The van der Waals surface area contributed by atoms with Crippen LogP contribution in [-0.4, -0.2) is 29.3 Å². The molecule has 2 N–H and O–H groups in total. The van der Waals surface area contributed by atoms with Gasteiger partial charge in [-0.25, -0.2) is 9.07 Å². The summed E-state index contributed by atoms with van der Waals surface area (Å²) in [7, 11) is 1.74. The van der Waals surface area contributed by atoms with E-state index in [0.29, 0.717) is 6.54 Å². The van der Waals surface area contributed by atoms with E-state index in [1.54, 1.807) is 25.4 Å². The second kappa shape index (κ2) is 8.80. The Morgan fingerprint density at radius 3 is 2.42 bits per heavy atom. The number of aromatic nitrogens is 2. The molecule has 5 nitrogen and oxygen atoms in total. The zero-order valence-electron chi connectivity index (χ0n) is 14.7. The van der Waals surface area contributed by atoms with Crippen LogP contribution in [0.5, 0.6) is 0 Å². The van der Waals surface area contributed by atoms with E-state index in [0.717, 1.165) is 35.7 Å². The zero-order chi connectivity index (χ0) is 18.2. The van der Waals surface area contributed by atoms with Crippen LogP contribution in [0.1, 0.15) is 11.1 Å². The number of halogens is 1. The summed E-state index contributed by atoms with van der Waals surface area (Å²) in [5, 5.41) is 10.8. The first-order chi connectivity index (χ1) is 12.7. The summed E-state index contributed by atoms with van der Waals surface area (Å²) in [4.78, 5) is 4.23. The van der Waals surface area contributed by atoms with Crippen molar-refractivity contribution in [3.8, 4) is 5.69 Å². The first-order valence-corrected chi connectivity index (χ1v) is 8.52. The average molecular weight is 351 g/mol. The highest BCUT2D eigenvalue weighted by Crippen LogP contribution is 2.08. The van der Waals surface area contributed by atoms with Crippen LogP contribution in [0.15, 0.2) is 72.0 Å². The minimum absolute atomic E-state index is 0.210. The summed E-state index contributed by atoms with van der Waals surface area (Å²) >= 11 is 0. The third-order valence-corrected chi connectivity index (χ3v) is 4.01. The van der Waals surface area contributed by atoms with Gasteiger partial charge in [0.2, 0.25) is 0 Å². The quantitative estimate of drug-likeness (QED) is 0.530. The molecule has 0 radical (unpaired) electrons. The first-order valence-electron chi connectivity index (χ1n) is 8.52. The molecule has 2 aromatic carbocycles. The van der Waals surface area contributed by atoms with Gasteiger partial charge in [-0.3, -0.25) is 4.99 Å². The maximum Gasteiger partial charge on any atom is 0.191 e. The third-order valence-electron chi connectivity index (χ3n) is 4.01. The molecule has 0 atom stereocenters. The Hall–Kier alpha value is -3.15. The summed E-state index contributed by atoms with van der Waals surface area (Å²) in [6.07, 6.45) is 4.48. The van der Waals surface area contributed by atoms with Crippen molar-refractivity contribution >= 4 is 5.96 Å². The second-order valence-corrected chi connectivity index (χ2v) is 5.85. The highest BCUT2D eigenvalue weighted by atomic mass is 19.1. The van der Waals surface area contributed by atoms with Gasteiger partial charge in [-0.15, -0.1) is 0 Å². The molecule has 0 unspecified atom stereocenters. The summed E-state index contributed by atoms with van der Waals surface area (Å²) in [6, 6.07) is 16.7. The van der Waals surface area contributed by atoms with Crippen molar-refractivity contribution in [2.24, 2.45) is 4.99 Å². The van der Waals surface area contributed by atoms with Crippen LogP contribution in [0.2, 0.25) is 0 Å². The van der Waals surface area contributed by atoms with Gasteiger partial charge in [0.15, 0.2) is 5.96 Å². The van der Waals surface area contributed by atoms with E-state index in [1.165, 1.54) is 12.1 Å². The largest absolute Gasteiger partial charge is 0.356 e. The first kappa shape index (κ1) is 17.7. The fraction of sp³-hybridized carbons (Fsp3) is 0.200. The third kappa shape index (κ3) is 4.92. The highest BCUT2D eigenvalue weighted by molar-refractivity contribution is 5.79. The van der Waals surface area contributed by atoms with Crippen LogP contribution in [0.25, 0.3) is 5.69 Å². The molecule has 0 bridgehead atoms. The van der Waals surface area contributed by atoms with Crippen molar-refractivity contribution in [1.82, 2.24) is 20.4 Å². The topological polar surface area (TPSA) is 54.2 Å². The molecule has 134 valence electrons. The number of benzene rings is 2. The van der Waals surface area contributed by atoms with Crippen LogP contribution in [0.3, 0.4) is 0 Å². The van der Waals surface area contributed by atoms with E-state index in [-0.39, 0.29) is 5.82 Å². The van der Waals surface area contributed by atoms with Crippen molar-refractivity contribution in [3.05, 3.63) is 83.9 Å². The van der Waals surface area contributed by atoms with Gasteiger partial charge in [-0.2, -0.15) is 5.10 Å². The minimum Gasteiger partial charge on any atom is -0.356 e. The van der Waals surface area contributed by atoms with Crippen LogP contribution in [0, 0.1) is 5.82 Å². The number of aliphatic imine (C=N–C) groups is 1. The molecule has 1 heterocycles. The lowest BCUT2D eigenvalue weighted by molar-refractivity contribution is 0.626. The lowest BCUT2D eigenvalue weighted by atomic mass is 10.1. The lowest BCUT2D eigenvalue weighted by Gasteiger charge is -2.12. The number of nitrogens with zero attached hydrogens (tertiary/aromatic N) is 3. The van der Waals surface area contributed by atoms with E-state index in [2.05, 4.69) is 32.9 Å². The van der Waals surface area contributed by atoms with Gasteiger partial charge in [-0.1, -0.05) is 24.3 Å². The Morgan fingerprint density at radius 1 is 1.04 bits per heavy atom. The van der Waals surface area contributed by atoms with E-state index in [4.69, 9.17) is 0 Å². The van der Waals surface area contributed by atoms with Gasteiger partial charge in [0.05, 0.1) is 5.69 Å². The van der Waals surface area contributed by atoms with Crippen molar-refractivity contribution in [2.45, 2.75) is 13.0 Å². The number of hydrogen-bond acceptors (Lipinski definition) is 2. The molecule has 0 saturated carbocycles.